The molecule has 0 radical (unpaired) electrons. The van der Waals surface area contributed by atoms with Crippen molar-refractivity contribution in [1.29, 1.82) is 0 Å². The van der Waals surface area contributed by atoms with Gasteiger partial charge in [-0.15, -0.1) is 11.3 Å². The van der Waals surface area contributed by atoms with Crippen molar-refractivity contribution >= 4 is 23.1 Å². The molecule has 0 saturated carbocycles. The van der Waals surface area contributed by atoms with Crippen LogP contribution < -0.4 is 5.32 Å². The third-order valence-electron chi connectivity index (χ3n) is 2.55. The highest BCUT2D eigenvalue weighted by Gasteiger charge is 2.14. The Kier molecular flexibility index (Phi) is 3.90. The predicted molar refractivity (Wildman–Crippen MR) is 66.2 cm³/mol. The van der Waals surface area contributed by atoms with Gasteiger partial charge < -0.3 is 5.32 Å². The quantitative estimate of drug-likeness (QED) is 0.849. The third kappa shape index (κ3) is 3.01. The van der Waals surface area contributed by atoms with E-state index in [1.54, 1.807) is 0 Å². The molecule has 1 saturated heterocycles. The van der Waals surface area contributed by atoms with E-state index in [0.717, 1.165) is 12.5 Å². The third-order valence-corrected chi connectivity index (χ3v) is 4.78. The van der Waals surface area contributed by atoms with Gasteiger partial charge in [0.2, 0.25) is 0 Å². The molecule has 3 heteroatoms. The van der Waals surface area contributed by atoms with Crippen molar-refractivity contribution in [2.45, 2.75) is 19.9 Å². The molecule has 1 atom stereocenters. The number of nitrogens with one attached hydrogen (secondary N) is 1. The maximum absolute atomic E-state index is 3.55. The highest BCUT2D eigenvalue weighted by molar-refractivity contribution is 7.99. The first-order chi connectivity index (χ1) is 6.84. The number of thiophene rings is 1. The second kappa shape index (κ2) is 5.19. The van der Waals surface area contributed by atoms with E-state index in [0.29, 0.717) is 0 Å². The number of hydrogen-bond donors (Lipinski definition) is 1. The van der Waals surface area contributed by atoms with Gasteiger partial charge in [-0.25, -0.2) is 0 Å². The topological polar surface area (TPSA) is 12.0 Å². The van der Waals surface area contributed by atoms with Crippen molar-refractivity contribution in [2.24, 2.45) is 5.92 Å². The molecular weight excluding hydrogens is 210 g/mol. The molecule has 1 aromatic heterocycles. The summed E-state index contributed by atoms with van der Waals surface area (Å²) in [5, 5.41) is 3.55. The van der Waals surface area contributed by atoms with Crippen LogP contribution in [0.5, 0.6) is 0 Å². The molecular formula is C11H17NS2. The van der Waals surface area contributed by atoms with E-state index in [1.807, 2.05) is 11.3 Å². The molecule has 0 aliphatic carbocycles. The second-order valence-electron chi connectivity index (χ2n) is 3.87. The van der Waals surface area contributed by atoms with Crippen LogP contribution in [0, 0.1) is 12.8 Å². The van der Waals surface area contributed by atoms with Crippen LogP contribution >= 0.6 is 23.1 Å². The number of hydrogen-bond acceptors (Lipinski definition) is 3. The van der Waals surface area contributed by atoms with Crippen LogP contribution in [0.25, 0.3) is 0 Å². The molecule has 1 aliphatic heterocycles. The number of aryl methyl sites for hydroxylation is 1. The summed E-state index contributed by atoms with van der Waals surface area (Å²) in [5.41, 5.74) is 0. The molecule has 1 aliphatic rings. The summed E-state index contributed by atoms with van der Waals surface area (Å²) in [6.45, 7) is 4.42. The van der Waals surface area contributed by atoms with Crippen molar-refractivity contribution in [3.63, 3.8) is 0 Å². The summed E-state index contributed by atoms with van der Waals surface area (Å²) < 4.78 is 0. The monoisotopic (exact) mass is 227 g/mol. The van der Waals surface area contributed by atoms with Gasteiger partial charge in [-0.2, -0.15) is 11.8 Å². The second-order valence-corrected chi connectivity index (χ2v) is 6.40. The van der Waals surface area contributed by atoms with Gasteiger partial charge in [0.05, 0.1) is 0 Å². The Morgan fingerprint density at radius 3 is 3.07 bits per heavy atom. The zero-order valence-electron chi connectivity index (χ0n) is 8.58. The normalized spacial score (nSPS) is 21.6. The fourth-order valence-corrected chi connectivity index (χ4v) is 3.87. The van der Waals surface area contributed by atoms with Crippen LogP contribution in [0.1, 0.15) is 16.2 Å². The first-order valence-corrected chi connectivity index (χ1v) is 7.15. The van der Waals surface area contributed by atoms with Crippen LogP contribution in [0.15, 0.2) is 12.1 Å². The van der Waals surface area contributed by atoms with Crippen LogP contribution in [0.3, 0.4) is 0 Å². The average molecular weight is 227 g/mol. The van der Waals surface area contributed by atoms with E-state index in [4.69, 9.17) is 0 Å². The summed E-state index contributed by atoms with van der Waals surface area (Å²) in [6, 6.07) is 4.43. The lowest BCUT2D eigenvalue weighted by Crippen LogP contribution is -2.21. The Morgan fingerprint density at radius 1 is 1.50 bits per heavy atom. The first kappa shape index (κ1) is 10.5. The van der Waals surface area contributed by atoms with Gasteiger partial charge >= 0.3 is 0 Å². The molecule has 0 aromatic carbocycles. The van der Waals surface area contributed by atoms with Gasteiger partial charge in [0.25, 0.3) is 0 Å². The van der Waals surface area contributed by atoms with E-state index < -0.39 is 0 Å². The molecule has 1 N–H and O–H groups in total. The van der Waals surface area contributed by atoms with Gasteiger partial charge in [0, 0.05) is 16.3 Å². The molecule has 0 spiro atoms. The molecule has 2 heterocycles. The van der Waals surface area contributed by atoms with Crippen molar-refractivity contribution in [2.75, 3.05) is 18.1 Å². The zero-order chi connectivity index (χ0) is 9.80. The van der Waals surface area contributed by atoms with Crippen LogP contribution in [-0.2, 0) is 6.54 Å². The van der Waals surface area contributed by atoms with Crippen molar-refractivity contribution in [3.8, 4) is 0 Å². The Morgan fingerprint density at radius 2 is 2.43 bits per heavy atom. The SMILES string of the molecule is Cc1ccc(CNCC2CCSC2)s1. The van der Waals surface area contributed by atoms with E-state index >= 15 is 0 Å². The van der Waals surface area contributed by atoms with Gasteiger partial charge in [-0.3, -0.25) is 0 Å². The summed E-state index contributed by atoms with van der Waals surface area (Å²) in [6.07, 6.45) is 1.40. The van der Waals surface area contributed by atoms with E-state index in [9.17, 15) is 0 Å². The Bertz CT molecular complexity index is 277. The average Bonchev–Trinajstić information content (AvgIpc) is 2.77. The first-order valence-electron chi connectivity index (χ1n) is 5.18. The maximum Gasteiger partial charge on any atom is 0.0299 e. The smallest absolute Gasteiger partial charge is 0.0299 e. The number of thioether (sulfide) groups is 1. The Hall–Kier alpha value is 0.01000. The van der Waals surface area contributed by atoms with Crippen molar-refractivity contribution in [3.05, 3.63) is 21.9 Å². The van der Waals surface area contributed by atoms with Crippen LogP contribution in [0.2, 0.25) is 0 Å². The standard InChI is InChI=1S/C11H17NS2/c1-9-2-3-11(14-9)7-12-6-10-4-5-13-8-10/h2-3,10,12H,4-8H2,1H3. The molecule has 78 valence electrons. The predicted octanol–water partition coefficient (Wildman–Crippen LogP) is 2.90. The Labute approximate surface area is 94.3 Å². The molecule has 1 unspecified atom stereocenters. The Balaban J connectivity index is 1.67. The highest BCUT2D eigenvalue weighted by atomic mass is 32.2. The lowest BCUT2D eigenvalue weighted by molar-refractivity contribution is 0.525. The maximum atomic E-state index is 3.55. The summed E-state index contributed by atoms with van der Waals surface area (Å²) >= 11 is 4.00. The van der Waals surface area contributed by atoms with Crippen molar-refractivity contribution < 1.29 is 0 Å². The van der Waals surface area contributed by atoms with Gasteiger partial charge in [0.15, 0.2) is 0 Å². The molecule has 1 fully saturated rings. The van der Waals surface area contributed by atoms with E-state index in [2.05, 4.69) is 36.1 Å². The molecule has 2 rings (SSSR count). The van der Waals surface area contributed by atoms with Gasteiger partial charge in [0.1, 0.15) is 0 Å². The van der Waals surface area contributed by atoms with Gasteiger partial charge in [-0.1, -0.05) is 0 Å². The van der Waals surface area contributed by atoms with Gasteiger partial charge in [-0.05, 0) is 49.4 Å². The lowest BCUT2D eigenvalue weighted by atomic mass is 10.1. The molecule has 0 bridgehead atoms. The molecule has 0 amide bonds. The van der Waals surface area contributed by atoms with Crippen LogP contribution in [-0.4, -0.2) is 18.1 Å². The van der Waals surface area contributed by atoms with E-state index in [1.165, 1.54) is 34.2 Å². The minimum absolute atomic E-state index is 0.918. The van der Waals surface area contributed by atoms with Crippen LogP contribution in [0.4, 0.5) is 0 Å². The van der Waals surface area contributed by atoms with E-state index in [-0.39, 0.29) is 0 Å². The summed E-state index contributed by atoms with van der Waals surface area (Å²) in [7, 11) is 0. The van der Waals surface area contributed by atoms with Crippen molar-refractivity contribution in [1.82, 2.24) is 5.32 Å². The molecule has 1 nitrogen and oxygen atoms in total. The minimum Gasteiger partial charge on any atom is -0.312 e. The highest BCUT2D eigenvalue weighted by Crippen LogP contribution is 2.22. The fraction of sp³-hybridized carbons (Fsp3) is 0.636. The molecule has 14 heavy (non-hydrogen) atoms. The largest absolute Gasteiger partial charge is 0.312 e. The molecule has 1 aromatic rings. The minimum atomic E-state index is 0.918. The fourth-order valence-electron chi connectivity index (χ4n) is 1.72. The summed E-state index contributed by atoms with van der Waals surface area (Å²) in [5.74, 6) is 3.64. The zero-order valence-corrected chi connectivity index (χ0v) is 10.2. The summed E-state index contributed by atoms with van der Waals surface area (Å²) in [4.78, 5) is 2.88. The lowest BCUT2D eigenvalue weighted by Gasteiger charge is -2.08. The number of rotatable bonds is 4.